The van der Waals surface area contributed by atoms with Crippen molar-refractivity contribution in [2.24, 2.45) is 0 Å². The van der Waals surface area contributed by atoms with Crippen molar-refractivity contribution in [3.05, 3.63) is 0 Å². The molecular formula is C5H3F8NO. The minimum Gasteiger partial charge on any atom is -0.270 e. The molecule has 1 saturated heterocycles. The van der Waals surface area contributed by atoms with Crippen LogP contribution in [-0.2, 0) is 4.74 Å². The lowest BCUT2D eigenvalue weighted by molar-refractivity contribution is -0.562. The number of ether oxygens (including phenoxy) is 1. The van der Waals surface area contributed by atoms with Crippen molar-refractivity contribution in [3.8, 4) is 0 Å². The third kappa shape index (κ3) is 1.38. The summed E-state index contributed by atoms with van der Waals surface area (Å²) in [4.78, 5) is 0. The van der Waals surface area contributed by atoms with Gasteiger partial charge in [0.15, 0.2) is 0 Å². The van der Waals surface area contributed by atoms with Crippen LogP contribution in [0.5, 0.6) is 0 Å². The zero-order chi connectivity index (χ0) is 12.3. The summed E-state index contributed by atoms with van der Waals surface area (Å²) in [6.07, 6.45) is -5.70. The molecule has 0 N–H and O–H groups in total. The number of hydrogen-bond donors (Lipinski definition) is 0. The van der Waals surface area contributed by atoms with Crippen LogP contribution < -0.4 is 0 Å². The summed E-state index contributed by atoms with van der Waals surface area (Å²) in [7, 11) is 0. The predicted molar refractivity (Wildman–Crippen MR) is 28.4 cm³/mol. The lowest BCUT2D eigenvalue weighted by atomic mass is 10.2. The second kappa shape index (κ2) is 2.73. The molecule has 2 nitrogen and oxygen atoms in total. The van der Waals surface area contributed by atoms with Crippen molar-refractivity contribution in [1.82, 2.24) is 5.12 Å². The first-order chi connectivity index (χ1) is 6.36. The number of halogens is 8. The van der Waals surface area contributed by atoms with E-state index in [1.165, 1.54) is 0 Å². The van der Waals surface area contributed by atoms with Gasteiger partial charge in [0.25, 0.3) is 5.85 Å². The molecule has 90 valence electrons. The van der Waals surface area contributed by atoms with Gasteiger partial charge in [0, 0.05) is 6.92 Å². The number of nitrogens with zero attached hydrogens (tertiary/aromatic N) is 1. The van der Waals surface area contributed by atoms with E-state index in [1.54, 1.807) is 0 Å². The van der Waals surface area contributed by atoms with Crippen LogP contribution in [0.3, 0.4) is 0 Å². The zero-order valence-corrected chi connectivity index (χ0v) is 6.88. The molecule has 1 atom stereocenters. The molecule has 1 aliphatic rings. The van der Waals surface area contributed by atoms with Crippen molar-refractivity contribution in [3.63, 3.8) is 0 Å². The van der Waals surface area contributed by atoms with Crippen LogP contribution in [0.15, 0.2) is 0 Å². The number of morpholine rings is 1. The average Bonchev–Trinajstić information content (AvgIpc) is 1.98. The summed E-state index contributed by atoms with van der Waals surface area (Å²) in [5.74, 6) is -4.58. The largest absolute Gasteiger partial charge is 0.440 e. The number of alkyl halides is 7. The molecule has 0 aromatic heterocycles. The Morgan fingerprint density at radius 1 is 0.867 bits per heavy atom. The highest BCUT2D eigenvalue weighted by atomic mass is 19.4. The van der Waals surface area contributed by atoms with Crippen LogP contribution >= 0.6 is 0 Å². The molecule has 0 aliphatic carbocycles. The normalized spacial score (nSPS) is 39.0. The Kier molecular flexibility index (Phi) is 2.26. The highest BCUT2D eigenvalue weighted by Crippen LogP contribution is 2.54. The summed E-state index contributed by atoms with van der Waals surface area (Å²) in [6, 6.07) is -11.5. The fourth-order valence-electron chi connectivity index (χ4n) is 0.829. The third-order valence-corrected chi connectivity index (χ3v) is 1.70. The first-order valence-electron chi connectivity index (χ1n) is 3.35. The summed E-state index contributed by atoms with van der Waals surface area (Å²) in [5.41, 5.74) is 0. The SMILES string of the molecule is CC1(F)OC(F)(F)C(F)(F)N(F)C1(F)F. The molecule has 1 aliphatic heterocycles. The molecular weight excluding hydrogens is 242 g/mol. The van der Waals surface area contributed by atoms with E-state index in [4.69, 9.17) is 0 Å². The molecule has 0 spiro atoms. The van der Waals surface area contributed by atoms with E-state index in [9.17, 15) is 35.2 Å². The van der Waals surface area contributed by atoms with E-state index in [1.807, 2.05) is 0 Å². The molecule has 0 radical (unpaired) electrons. The maximum atomic E-state index is 12.7. The van der Waals surface area contributed by atoms with Gasteiger partial charge in [-0.2, -0.15) is 26.3 Å². The standard InChI is InChI=1S/C5H3F8NO/c1-2(6)3(7,8)14(13)4(9,10)5(11,12)15-2/h1H3. The first-order valence-corrected chi connectivity index (χ1v) is 3.35. The van der Waals surface area contributed by atoms with E-state index >= 15 is 0 Å². The monoisotopic (exact) mass is 245 g/mol. The molecule has 0 saturated carbocycles. The van der Waals surface area contributed by atoms with Gasteiger partial charge in [0.2, 0.25) is 0 Å². The van der Waals surface area contributed by atoms with Crippen LogP contribution in [-0.4, -0.2) is 29.2 Å². The van der Waals surface area contributed by atoms with Crippen LogP contribution in [0.4, 0.5) is 35.2 Å². The molecule has 0 aromatic rings. The lowest BCUT2D eigenvalue weighted by Gasteiger charge is -2.44. The summed E-state index contributed by atoms with van der Waals surface area (Å²) in [6.45, 7) is -0.289. The van der Waals surface area contributed by atoms with Crippen molar-refractivity contribution >= 4 is 0 Å². The van der Waals surface area contributed by atoms with E-state index in [-0.39, 0.29) is 6.92 Å². The van der Waals surface area contributed by atoms with Crippen molar-refractivity contribution in [2.45, 2.75) is 31.0 Å². The van der Waals surface area contributed by atoms with E-state index in [0.29, 0.717) is 0 Å². The van der Waals surface area contributed by atoms with Gasteiger partial charge in [-0.25, -0.2) is 4.39 Å². The van der Waals surface area contributed by atoms with Gasteiger partial charge in [-0.15, -0.1) is 4.48 Å². The fraction of sp³-hybridized carbons (Fsp3) is 1.00. The maximum Gasteiger partial charge on any atom is 0.440 e. The van der Waals surface area contributed by atoms with E-state index in [0.717, 1.165) is 0 Å². The molecule has 1 heterocycles. The Hall–Kier alpha value is -0.640. The van der Waals surface area contributed by atoms with Gasteiger partial charge >= 0.3 is 18.2 Å². The second-order valence-electron chi connectivity index (χ2n) is 2.90. The van der Waals surface area contributed by atoms with Gasteiger partial charge in [0.1, 0.15) is 0 Å². The van der Waals surface area contributed by atoms with Crippen molar-refractivity contribution < 1.29 is 40.0 Å². The molecule has 0 amide bonds. The second-order valence-corrected chi connectivity index (χ2v) is 2.90. The Morgan fingerprint density at radius 2 is 1.27 bits per heavy atom. The third-order valence-electron chi connectivity index (χ3n) is 1.70. The predicted octanol–water partition coefficient (Wildman–Crippen LogP) is 2.67. The van der Waals surface area contributed by atoms with Crippen LogP contribution in [0, 0.1) is 0 Å². The highest BCUT2D eigenvalue weighted by Gasteiger charge is 2.81. The quantitative estimate of drug-likeness (QED) is 0.369. The van der Waals surface area contributed by atoms with Crippen LogP contribution in [0.25, 0.3) is 0 Å². The Bertz CT molecular complexity index is 250. The summed E-state index contributed by atoms with van der Waals surface area (Å²) < 4.78 is 101. The van der Waals surface area contributed by atoms with Crippen molar-refractivity contribution in [2.75, 3.05) is 0 Å². The van der Waals surface area contributed by atoms with Crippen LogP contribution in [0.1, 0.15) is 6.92 Å². The fourth-order valence-corrected chi connectivity index (χ4v) is 0.829. The van der Waals surface area contributed by atoms with Gasteiger partial charge in [-0.05, 0) is 5.12 Å². The average molecular weight is 245 g/mol. The van der Waals surface area contributed by atoms with Gasteiger partial charge < -0.3 is 0 Å². The molecule has 1 unspecified atom stereocenters. The van der Waals surface area contributed by atoms with Gasteiger partial charge in [-0.3, -0.25) is 4.74 Å². The molecule has 1 rings (SSSR count). The van der Waals surface area contributed by atoms with Gasteiger partial charge in [0.05, 0.1) is 0 Å². The van der Waals surface area contributed by atoms with E-state index in [2.05, 4.69) is 4.74 Å². The zero-order valence-electron chi connectivity index (χ0n) is 6.88. The lowest BCUT2D eigenvalue weighted by Crippen LogP contribution is -2.71. The van der Waals surface area contributed by atoms with E-state index < -0.39 is 29.2 Å². The molecule has 0 aromatic carbocycles. The Balaban J connectivity index is 3.24. The minimum absolute atomic E-state index is 0.289. The Morgan fingerprint density at radius 3 is 1.67 bits per heavy atom. The van der Waals surface area contributed by atoms with Crippen molar-refractivity contribution in [1.29, 1.82) is 0 Å². The maximum absolute atomic E-state index is 12.7. The minimum atomic E-state index is -5.96. The molecule has 0 bridgehead atoms. The molecule has 15 heavy (non-hydrogen) atoms. The topological polar surface area (TPSA) is 12.5 Å². The summed E-state index contributed by atoms with van der Waals surface area (Å²) in [5, 5.41) is -2.84. The first kappa shape index (κ1) is 12.4. The Labute approximate surface area is 77.3 Å². The summed E-state index contributed by atoms with van der Waals surface area (Å²) >= 11 is 0. The highest BCUT2D eigenvalue weighted by molar-refractivity contribution is 4.92. The smallest absolute Gasteiger partial charge is 0.270 e. The van der Waals surface area contributed by atoms with Gasteiger partial charge in [-0.1, -0.05) is 0 Å². The number of hydrogen-bond acceptors (Lipinski definition) is 2. The molecule has 10 heteroatoms. The molecule has 1 fully saturated rings. The number of rotatable bonds is 0. The van der Waals surface area contributed by atoms with Crippen LogP contribution in [0.2, 0.25) is 0 Å².